The lowest BCUT2D eigenvalue weighted by Gasteiger charge is -2.16. The van der Waals surface area contributed by atoms with Gasteiger partial charge in [0.1, 0.15) is 28.8 Å². The number of furan rings is 1. The van der Waals surface area contributed by atoms with Crippen molar-refractivity contribution in [2.75, 3.05) is 13.7 Å². The van der Waals surface area contributed by atoms with E-state index in [1.807, 2.05) is 31.2 Å². The maximum atomic E-state index is 13.7. The van der Waals surface area contributed by atoms with E-state index < -0.39 is 0 Å². The zero-order chi connectivity index (χ0) is 30.8. The Balaban J connectivity index is 1.44. The van der Waals surface area contributed by atoms with Crippen LogP contribution in [0, 0.1) is 5.82 Å². The average Bonchev–Trinajstić information content (AvgIpc) is 3.48. The highest BCUT2D eigenvalue weighted by molar-refractivity contribution is 9.10. The first-order chi connectivity index (χ1) is 21.4. The highest BCUT2D eigenvalue weighted by Crippen LogP contribution is 2.43. The molecule has 6 aromatic rings. The molecule has 0 bridgehead atoms. The third-order valence-corrected chi connectivity index (χ3v) is 8.22. The van der Waals surface area contributed by atoms with Crippen LogP contribution in [0.2, 0.25) is 5.02 Å². The van der Waals surface area contributed by atoms with Gasteiger partial charge in [-0.1, -0.05) is 41.9 Å². The Morgan fingerprint density at radius 2 is 1.82 bits per heavy atom. The number of nitrogens with zero attached hydrogens (tertiary/aromatic N) is 3. The molecule has 2 aromatic heterocycles. The predicted molar refractivity (Wildman–Crippen MR) is 172 cm³/mol. The summed E-state index contributed by atoms with van der Waals surface area (Å²) in [4.78, 5) is 18.5. The summed E-state index contributed by atoms with van der Waals surface area (Å²) in [7, 11) is 1.58. The third-order valence-electron chi connectivity index (χ3n) is 6.78. The van der Waals surface area contributed by atoms with E-state index in [2.05, 4.69) is 21.0 Å². The van der Waals surface area contributed by atoms with Gasteiger partial charge >= 0.3 is 0 Å². The van der Waals surface area contributed by atoms with Crippen LogP contribution in [0.25, 0.3) is 33.5 Å². The lowest BCUT2D eigenvalue weighted by atomic mass is 10.2. The van der Waals surface area contributed by atoms with Gasteiger partial charge in [-0.25, -0.2) is 9.37 Å². The minimum absolute atomic E-state index is 0.143. The fourth-order valence-electron chi connectivity index (χ4n) is 4.66. The first-order valence-electron chi connectivity index (χ1n) is 13.5. The number of rotatable bonds is 9. The summed E-state index contributed by atoms with van der Waals surface area (Å²) in [5, 5.41) is 5.92. The van der Waals surface area contributed by atoms with E-state index in [1.54, 1.807) is 49.6 Å². The van der Waals surface area contributed by atoms with E-state index >= 15 is 0 Å². The second-order valence-electron chi connectivity index (χ2n) is 9.57. The first-order valence-corrected chi connectivity index (χ1v) is 14.7. The minimum atomic E-state index is -0.388. The van der Waals surface area contributed by atoms with Crippen molar-refractivity contribution in [1.82, 2.24) is 9.66 Å². The molecule has 44 heavy (non-hydrogen) atoms. The van der Waals surface area contributed by atoms with Gasteiger partial charge in [0.05, 0.1) is 36.2 Å². The van der Waals surface area contributed by atoms with Crippen molar-refractivity contribution in [1.29, 1.82) is 0 Å². The Bertz CT molecular complexity index is 2090. The highest BCUT2D eigenvalue weighted by atomic mass is 79.9. The fraction of sp³-hybridized carbons (Fsp3) is 0.121. The lowest BCUT2D eigenvalue weighted by molar-refractivity contribution is 0.269. The van der Waals surface area contributed by atoms with Gasteiger partial charge in [0.2, 0.25) is 5.82 Å². The molecule has 4 aromatic carbocycles. The van der Waals surface area contributed by atoms with Crippen molar-refractivity contribution in [2.45, 2.75) is 13.5 Å². The van der Waals surface area contributed by atoms with E-state index in [0.29, 0.717) is 56.1 Å². The van der Waals surface area contributed by atoms with Gasteiger partial charge in [-0.05, 0) is 76.9 Å². The van der Waals surface area contributed by atoms with Crippen LogP contribution >= 0.6 is 27.5 Å². The number of aromatic nitrogens is 2. The van der Waals surface area contributed by atoms with Crippen LogP contribution in [0.4, 0.5) is 4.39 Å². The van der Waals surface area contributed by atoms with E-state index in [1.165, 1.54) is 23.0 Å². The maximum absolute atomic E-state index is 13.7. The van der Waals surface area contributed by atoms with Gasteiger partial charge in [-0.3, -0.25) is 4.79 Å². The number of hydrogen-bond donors (Lipinski definition) is 0. The number of hydrogen-bond acceptors (Lipinski definition) is 7. The van der Waals surface area contributed by atoms with E-state index in [-0.39, 0.29) is 28.8 Å². The van der Waals surface area contributed by atoms with Gasteiger partial charge in [0, 0.05) is 10.0 Å². The fourth-order valence-corrected chi connectivity index (χ4v) is 5.32. The lowest BCUT2D eigenvalue weighted by Crippen LogP contribution is -2.20. The molecule has 0 aliphatic rings. The Kier molecular flexibility index (Phi) is 8.36. The SMILES string of the molecule is CCOc1cc(C=Nn2c(-c3cc4c(OC)cccc4o3)nc3ccccc3c2=O)c(Br)c(Cl)c1OCc1ccc(F)cc1. The molecule has 0 saturated heterocycles. The maximum Gasteiger partial charge on any atom is 0.282 e. The van der Waals surface area contributed by atoms with Crippen LogP contribution in [0.3, 0.4) is 0 Å². The van der Waals surface area contributed by atoms with Gasteiger partial charge in [0.15, 0.2) is 17.3 Å². The van der Waals surface area contributed by atoms with Gasteiger partial charge in [0.25, 0.3) is 5.56 Å². The van der Waals surface area contributed by atoms with E-state index in [4.69, 9.17) is 35.2 Å². The summed E-state index contributed by atoms with van der Waals surface area (Å²) in [6.45, 7) is 2.32. The number of ether oxygens (including phenoxy) is 3. The average molecular weight is 677 g/mol. The van der Waals surface area contributed by atoms with Crippen molar-refractivity contribution in [2.24, 2.45) is 5.10 Å². The van der Waals surface area contributed by atoms with Gasteiger partial charge in [-0.2, -0.15) is 9.78 Å². The molecule has 0 aliphatic carbocycles. The topological polar surface area (TPSA) is 88.1 Å². The second kappa shape index (κ2) is 12.5. The number of benzene rings is 4. The first kappa shape index (κ1) is 29.4. The molecule has 222 valence electrons. The summed E-state index contributed by atoms with van der Waals surface area (Å²) in [5.74, 6) is 1.51. The number of para-hydroxylation sites is 1. The largest absolute Gasteiger partial charge is 0.496 e. The van der Waals surface area contributed by atoms with Crippen molar-refractivity contribution in [3.05, 3.63) is 116 Å². The Morgan fingerprint density at radius 3 is 2.59 bits per heavy atom. The second-order valence-corrected chi connectivity index (χ2v) is 10.7. The Labute approximate surface area is 264 Å². The third kappa shape index (κ3) is 5.66. The molecular formula is C33H24BrClFN3O5. The normalized spacial score (nSPS) is 11.5. The van der Waals surface area contributed by atoms with Crippen molar-refractivity contribution < 1.29 is 23.0 Å². The molecule has 11 heteroatoms. The summed E-state index contributed by atoms with van der Waals surface area (Å²) in [5.41, 5.74) is 1.96. The van der Waals surface area contributed by atoms with Crippen LogP contribution < -0.4 is 19.8 Å². The zero-order valence-corrected chi connectivity index (χ0v) is 25.9. The molecule has 0 N–H and O–H groups in total. The smallest absolute Gasteiger partial charge is 0.282 e. The summed E-state index contributed by atoms with van der Waals surface area (Å²) in [6.07, 6.45) is 1.48. The van der Waals surface area contributed by atoms with Crippen LogP contribution in [0.15, 0.2) is 97.6 Å². The number of halogens is 3. The molecule has 6 rings (SSSR count). The van der Waals surface area contributed by atoms with Crippen LogP contribution in [-0.4, -0.2) is 29.6 Å². The molecule has 0 spiro atoms. The standard InChI is InChI=1S/C33H24BrClFN3O5/c1-3-42-27-15-20(29(34)30(35)31(27)43-18-19-11-13-21(36)14-12-19)17-37-39-32(38-24-8-5-4-7-22(24)33(39)40)28-16-23-25(41-2)9-6-10-26(23)44-28/h4-17H,3,18H2,1-2H3. The van der Waals surface area contributed by atoms with Crippen LogP contribution in [0.5, 0.6) is 17.2 Å². The molecule has 0 unspecified atom stereocenters. The monoisotopic (exact) mass is 675 g/mol. The van der Waals surface area contributed by atoms with Crippen molar-refractivity contribution in [3.8, 4) is 28.8 Å². The summed E-state index contributed by atoms with van der Waals surface area (Å²) >= 11 is 10.3. The zero-order valence-electron chi connectivity index (χ0n) is 23.5. The van der Waals surface area contributed by atoms with Crippen LogP contribution in [-0.2, 0) is 6.61 Å². The molecule has 0 aliphatic heterocycles. The molecule has 0 saturated carbocycles. The molecule has 0 atom stereocenters. The predicted octanol–water partition coefficient (Wildman–Crippen LogP) is 8.23. The molecule has 8 nitrogen and oxygen atoms in total. The van der Waals surface area contributed by atoms with Gasteiger partial charge in [-0.15, -0.1) is 0 Å². The van der Waals surface area contributed by atoms with E-state index in [0.717, 1.165) is 10.9 Å². The highest BCUT2D eigenvalue weighted by Gasteiger charge is 2.20. The van der Waals surface area contributed by atoms with Crippen LogP contribution in [0.1, 0.15) is 18.1 Å². The molecule has 2 heterocycles. The van der Waals surface area contributed by atoms with Crippen molar-refractivity contribution >= 4 is 55.6 Å². The van der Waals surface area contributed by atoms with E-state index in [9.17, 15) is 9.18 Å². The van der Waals surface area contributed by atoms with Crippen molar-refractivity contribution in [3.63, 3.8) is 0 Å². The minimum Gasteiger partial charge on any atom is -0.496 e. The number of methoxy groups -OCH3 is 1. The summed E-state index contributed by atoms with van der Waals surface area (Å²) < 4.78 is 38.4. The molecule has 0 amide bonds. The Hall–Kier alpha value is -4.67. The molecule has 0 radical (unpaired) electrons. The quantitative estimate of drug-likeness (QED) is 0.143. The Morgan fingerprint density at radius 1 is 1.02 bits per heavy atom. The van der Waals surface area contributed by atoms with Gasteiger partial charge < -0.3 is 18.6 Å². The molecule has 0 fully saturated rings. The number of fused-ring (bicyclic) bond motifs is 2. The molecular weight excluding hydrogens is 653 g/mol. The summed E-state index contributed by atoms with van der Waals surface area (Å²) in [6, 6.07) is 21.9.